The van der Waals surface area contributed by atoms with Gasteiger partial charge in [0, 0.05) is 11.1 Å². The molecule has 3 rings (SSSR count). The number of hydrogen-bond acceptors (Lipinski definition) is 5. The van der Waals surface area contributed by atoms with Crippen molar-refractivity contribution in [2.45, 2.75) is 52.1 Å². The van der Waals surface area contributed by atoms with E-state index >= 15 is 0 Å². The summed E-state index contributed by atoms with van der Waals surface area (Å²) in [5, 5.41) is 3.40. The van der Waals surface area contributed by atoms with Crippen molar-refractivity contribution in [3.8, 4) is 11.5 Å². The number of nitrogens with zero attached hydrogens (tertiary/aromatic N) is 1. The molecule has 0 atom stereocenters. The van der Waals surface area contributed by atoms with Crippen LogP contribution in [0, 0.1) is 12.8 Å². The average Bonchev–Trinajstić information content (AvgIpc) is 3.25. The van der Waals surface area contributed by atoms with Gasteiger partial charge in [-0.05, 0) is 51.7 Å². The number of para-hydroxylation sites is 2. The van der Waals surface area contributed by atoms with Gasteiger partial charge in [-0.2, -0.15) is 0 Å². The third-order valence-corrected chi connectivity index (χ3v) is 5.38. The fourth-order valence-corrected chi connectivity index (χ4v) is 3.68. The Morgan fingerprint density at radius 3 is 2.62 bits per heavy atom. The minimum Gasteiger partial charge on any atom is -0.489 e. The number of aryl methyl sites for hydroxylation is 1. The summed E-state index contributed by atoms with van der Waals surface area (Å²) >= 11 is 1.44. The number of benzene rings is 1. The average molecular weight is 375 g/mol. The van der Waals surface area contributed by atoms with Crippen molar-refractivity contribution >= 4 is 22.4 Å². The molecule has 26 heavy (non-hydrogen) atoms. The minimum absolute atomic E-state index is 0.238. The number of aromatic nitrogens is 1. The SMILES string of the molecule is Cc1cnc(NC(=O)C(C)(C)Oc2ccccc2OCC2CCCC2)s1. The summed E-state index contributed by atoms with van der Waals surface area (Å²) in [4.78, 5) is 17.8. The Morgan fingerprint density at radius 2 is 1.96 bits per heavy atom. The fraction of sp³-hybridized carbons (Fsp3) is 0.500. The Bertz CT molecular complexity index is 751. The van der Waals surface area contributed by atoms with Crippen LogP contribution in [0.15, 0.2) is 30.5 Å². The highest BCUT2D eigenvalue weighted by molar-refractivity contribution is 7.15. The Labute approximate surface area is 158 Å². The molecule has 1 aromatic heterocycles. The minimum atomic E-state index is -1.05. The molecular weight excluding hydrogens is 348 g/mol. The zero-order valence-corrected chi connectivity index (χ0v) is 16.4. The van der Waals surface area contributed by atoms with Gasteiger partial charge in [0.2, 0.25) is 0 Å². The van der Waals surface area contributed by atoms with Crippen LogP contribution in [0.2, 0.25) is 0 Å². The van der Waals surface area contributed by atoms with Crippen molar-refractivity contribution < 1.29 is 14.3 Å². The molecule has 1 aliphatic carbocycles. The first kappa shape index (κ1) is 18.7. The topological polar surface area (TPSA) is 60.5 Å². The Kier molecular flexibility index (Phi) is 5.81. The first-order chi connectivity index (χ1) is 12.4. The van der Waals surface area contributed by atoms with Gasteiger partial charge in [-0.15, -0.1) is 11.3 Å². The third kappa shape index (κ3) is 4.75. The van der Waals surface area contributed by atoms with Gasteiger partial charge in [-0.25, -0.2) is 4.98 Å². The third-order valence-electron chi connectivity index (χ3n) is 4.55. The zero-order valence-electron chi connectivity index (χ0n) is 15.6. The molecule has 5 nitrogen and oxygen atoms in total. The zero-order chi connectivity index (χ0) is 18.6. The van der Waals surface area contributed by atoms with E-state index in [9.17, 15) is 4.79 Å². The van der Waals surface area contributed by atoms with Gasteiger partial charge in [0.05, 0.1) is 6.61 Å². The highest BCUT2D eigenvalue weighted by atomic mass is 32.1. The van der Waals surface area contributed by atoms with Crippen LogP contribution in [0.4, 0.5) is 5.13 Å². The maximum Gasteiger partial charge on any atom is 0.269 e. The van der Waals surface area contributed by atoms with Gasteiger partial charge in [0.25, 0.3) is 5.91 Å². The van der Waals surface area contributed by atoms with Crippen LogP contribution < -0.4 is 14.8 Å². The second kappa shape index (κ2) is 8.08. The molecule has 140 valence electrons. The molecule has 0 unspecified atom stereocenters. The van der Waals surface area contributed by atoms with Crippen molar-refractivity contribution in [3.63, 3.8) is 0 Å². The van der Waals surface area contributed by atoms with Crippen LogP contribution in [-0.2, 0) is 4.79 Å². The summed E-state index contributed by atoms with van der Waals surface area (Å²) in [7, 11) is 0. The van der Waals surface area contributed by atoms with E-state index in [0.717, 1.165) is 4.88 Å². The molecule has 1 aromatic carbocycles. The molecule has 1 aliphatic rings. The van der Waals surface area contributed by atoms with Crippen LogP contribution in [0.25, 0.3) is 0 Å². The summed E-state index contributed by atoms with van der Waals surface area (Å²) in [6.07, 6.45) is 6.76. The molecular formula is C20H26N2O3S. The summed E-state index contributed by atoms with van der Waals surface area (Å²) < 4.78 is 12.0. The molecule has 0 aliphatic heterocycles. The van der Waals surface area contributed by atoms with Crippen molar-refractivity contribution in [1.29, 1.82) is 0 Å². The van der Waals surface area contributed by atoms with Crippen LogP contribution in [0.3, 0.4) is 0 Å². The fourth-order valence-electron chi connectivity index (χ4n) is 3.02. The molecule has 6 heteroatoms. The van der Waals surface area contributed by atoms with Gasteiger partial charge in [0.15, 0.2) is 22.2 Å². The predicted octanol–water partition coefficient (Wildman–Crippen LogP) is 4.82. The molecule has 1 amide bonds. The molecule has 2 aromatic rings. The van der Waals surface area contributed by atoms with Crippen LogP contribution >= 0.6 is 11.3 Å². The number of nitrogens with one attached hydrogen (secondary N) is 1. The maximum absolute atomic E-state index is 12.6. The normalized spacial score (nSPS) is 15.0. The first-order valence-electron chi connectivity index (χ1n) is 9.09. The lowest BCUT2D eigenvalue weighted by Crippen LogP contribution is -2.42. The van der Waals surface area contributed by atoms with Crippen molar-refractivity contribution in [2.75, 3.05) is 11.9 Å². The molecule has 1 N–H and O–H groups in total. The maximum atomic E-state index is 12.6. The van der Waals surface area contributed by atoms with E-state index in [2.05, 4.69) is 10.3 Å². The second-order valence-corrected chi connectivity index (χ2v) is 8.49. The summed E-state index contributed by atoms with van der Waals surface area (Å²) in [6.45, 7) is 6.14. The van der Waals surface area contributed by atoms with E-state index in [-0.39, 0.29) is 5.91 Å². The van der Waals surface area contributed by atoms with E-state index in [0.29, 0.717) is 29.2 Å². The van der Waals surface area contributed by atoms with Gasteiger partial charge in [0.1, 0.15) is 0 Å². The number of carbonyl (C=O) groups is 1. The molecule has 0 saturated heterocycles. The summed E-state index contributed by atoms with van der Waals surface area (Å²) in [6, 6.07) is 7.53. The Balaban J connectivity index is 1.65. The van der Waals surface area contributed by atoms with Crippen LogP contribution in [0.1, 0.15) is 44.4 Å². The number of amides is 1. The monoisotopic (exact) mass is 374 g/mol. The lowest BCUT2D eigenvalue weighted by molar-refractivity contribution is -0.128. The molecule has 1 fully saturated rings. The highest BCUT2D eigenvalue weighted by Gasteiger charge is 2.31. The van der Waals surface area contributed by atoms with Crippen LogP contribution in [-0.4, -0.2) is 23.1 Å². The number of thiazole rings is 1. The summed E-state index contributed by atoms with van der Waals surface area (Å²) in [5.41, 5.74) is -1.05. The molecule has 0 bridgehead atoms. The van der Waals surface area contributed by atoms with Crippen LogP contribution in [0.5, 0.6) is 11.5 Å². The Hall–Kier alpha value is -2.08. The largest absolute Gasteiger partial charge is 0.489 e. The number of anilines is 1. The first-order valence-corrected chi connectivity index (χ1v) is 9.90. The number of hydrogen-bond donors (Lipinski definition) is 1. The van der Waals surface area contributed by atoms with Gasteiger partial charge in [-0.3, -0.25) is 10.1 Å². The standard InChI is InChI=1S/C20H26N2O3S/c1-14-12-21-19(26-14)22-18(23)20(2,3)25-17-11-7-6-10-16(17)24-13-15-8-4-5-9-15/h6-7,10-12,15H,4-5,8-9,13H2,1-3H3,(H,21,22,23). The van der Waals surface area contributed by atoms with Crippen molar-refractivity contribution in [2.24, 2.45) is 5.92 Å². The van der Waals surface area contributed by atoms with Gasteiger partial charge < -0.3 is 9.47 Å². The van der Waals surface area contributed by atoms with Gasteiger partial charge >= 0.3 is 0 Å². The second-order valence-electron chi connectivity index (χ2n) is 7.25. The molecule has 1 saturated carbocycles. The number of carbonyl (C=O) groups excluding carboxylic acids is 1. The Morgan fingerprint density at radius 1 is 1.27 bits per heavy atom. The lowest BCUT2D eigenvalue weighted by atomic mass is 10.1. The summed E-state index contributed by atoms with van der Waals surface area (Å²) in [5.74, 6) is 1.65. The number of rotatable bonds is 7. The van der Waals surface area contributed by atoms with Crippen molar-refractivity contribution in [1.82, 2.24) is 4.98 Å². The van der Waals surface area contributed by atoms with E-state index in [1.165, 1.54) is 37.0 Å². The molecule has 1 heterocycles. The lowest BCUT2D eigenvalue weighted by Gasteiger charge is -2.26. The highest BCUT2D eigenvalue weighted by Crippen LogP contribution is 2.32. The molecule has 0 radical (unpaired) electrons. The molecule has 0 spiro atoms. The van der Waals surface area contributed by atoms with E-state index < -0.39 is 5.60 Å². The smallest absolute Gasteiger partial charge is 0.269 e. The quantitative estimate of drug-likeness (QED) is 0.755. The van der Waals surface area contributed by atoms with E-state index in [1.54, 1.807) is 20.0 Å². The van der Waals surface area contributed by atoms with Gasteiger partial charge in [-0.1, -0.05) is 25.0 Å². The number of ether oxygens (including phenoxy) is 2. The van der Waals surface area contributed by atoms with E-state index in [4.69, 9.17) is 9.47 Å². The van der Waals surface area contributed by atoms with Crippen molar-refractivity contribution in [3.05, 3.63) is 35.3 Å². The van der Waals surface area contributed by atoms with E-state index in [1.807, 2.05) is 31.2 Å². The predicted molar refractivity (Wildman–Crippen MR) is 104 cm³/mol.